The summed E-state index contributed by atoms with van der Waals surface area (Å²) in [6, 6.07) is 13.1. The molecule has 1 atom stereocenters. The summed E-state index contributed by atoms with van der Waals surface area (Å²) in [5.74, 6) is 0.00438. The molecule has 1 aliphatic heterocycles. The predicted octanol–water partition coefficient (Wildman–Crippen LogP) is 1.85. The van der Waals surface area contributed by atoms with Gasteiger partial charge >= 0.3 is 0 Å². The second-order valence-electron chi connectivity index (χ2n) is 7.98. The van der Waals surface area contributed by atoms with Crippen molar-refractivity contribution in [2.75, 3.05) is 13.1 Å². The van der Waals surface area contributed by atoms with Crippen LogP contribution >= 0.6 is 0 Å². The monoisotopic (exact) mass is 377 g/mol. The van der Waals surface area contributed by atoms with Crippen molar-refractivity contribution in [2.24, 2.45) is 0 Å². The van der Waals surface area contributed by atoms with Gasteiger partial charge in [0.25, 0.3) is 5.56 Å². The van der Waals surface area contributed by atoms with E-state index >= 15 is 0 Å². The van der Waals surface area contributed by atoms with Gasteiger partial charge in [0, 0.05) is 24.2 Å². The minimum absolute atomic E-state index is 0.00438. The molecule has 0 bridgehead atoms. The number of hydrogen-bond donors (Lipinski definition) is 2. The number of fused-ring (bicyclic) bond motifs is 3. The number of aliphatic hydroxyl groups is 1. The van der Waals surface area contributed by atoms with Crippen molar-refractivity contribution in [1.82, 2.24) is 14.3 Å². The van der Waals surface area contributed by atoms with Crippen LogP contribution in [0.2, 0.25) is 0 Å². The lowest BCUT2D eigenvalue weighted by Crippen LogP contribution is -2.47. The summed E-state index contributed by atoms with van der Waals surface area (Å²) in [4.78, 5) is 19.1. The van der Waals surface area contributed by atoms with Crippen molar-refractivity contribution in [2.45, 2.75) is 37.3 Å². The summed E-state index contributed by atoms with van der Waals surface area (Å²) >= 11 is 0. The molecule has 0 amide bonds. The number of aliphatic hydroxyl groups excluding tert-OH is 1. The second kappa shape index (κ2) is 6.43. The second-order valence-corrected chi connectivity index (χ2v) is 7.98. The summed E-state index contributed by atoms with van der Waals surface area (Å²) in [7, 11) is 0. The van der Waals surface area contributed by atoms with Gasteiger partial charge in [-0.2, -0.15) is 0 Å². The molecule has 1 fully saturated rings. The Hall–Kier alpha value is -2.70. The third-order valence-electron chi connectivity index (χ3n) is 6.46. The van der Waals surface area contributed by atoms with Gasteiger partial charge in [0.05, 0.1) is 11.8 Å². The van der Waals surface area contributed by atoms with Crippen LogP contribution in [0.1, 0.15) is 29.7 Å². The number of likely N-dealkylation sites (tertiary alicyclic amines) is 1. The average Bonchev–Trinajstić information content (AvgIpc) is 2.96. The molecule has 0 radical (unpaired) electrons. The highest BCUT2D eigenvalue weighted by Crippen LogP contribution is 2.46. The van der Waals surface area contributed by atoms with Crippen LogP contribution in [0.15, 0.2) is 53.5 Å². The molecule has 1 aromatic carbocycles. The molecule has 1 saturated heterocycles. The highest BCUT2D eigenvalue weighted by Gasteiger charge is 2.47. The van der Waals surface area contributed by atoms with E-state index in [1.165, 1.54) is 27.7 Å². The number of nitrogens with zero attached hydrogens (tertiary/aromatic N) is 3. The molecule has 28 heavy (non-hydrogen) atoms. The van der Waals surface area contributed by atoms with Crippen LogP contribution < -0.4 is 5.56 Å². The van der Waals surface area contributed by atoms with E-state index in [2.05, 4.69) is 28.1 Å². The van der Waals surface area contributed by atoms with Gasteiger partial charge < -0.3 is 10.2 Å². The normalized spacial score (nSPS) is 21.2. The van der Waals surface area contributed by atoms with E-state index in [4.69, 9.17) is 0 Å². The van der Waals surface area contributed by atoms with E-state index in [0.29, 0.717) is 17.9 Å². The molecule has 6 nitrogen and oxygen atoms in total. The van der Waals surface area contributed by atoms with Gasteiger partial charge in [-0.05, 0) is 55.6 Å². The highest BCUT2D eigenvalue weighted by atomic mass is 16.3. The van der Waals surface area contributed by atoms with E-state index in [9.17, 15) is 15.0 Å². The molecule has 0 saturated carbocycles. The fourth-order valence-corrected chi connectivity index (χ4v) is 4.95. The van der Waals surface area contributed by atoms with E-state index in [0.717, 1.165) is 32.4 Å². The smallest absolute Gasteiger partial charge is 0.258 e. The Morgan fingerprint density at radius 2 is 1.93 bits per heavy atom. The highest BCUT2D eigenvalue weighted by molar-refractivity contribution is 5.52. The fourth-order valence-electron chi connectivity index (χ4n) is 4.95. The first-order chi connectivity index (χ1) is 13.6. The van der Waals surface area contributed by atoms with Gasteiger partial charge in [-0.25, -0.2) is 4.98 Å². The Morgan fingerprint density at radius 1 is 1.14 bits per heavy atom. The first-order valence-corrected chi connectivity index (χ1v) is 9.76. The van der Waals surface area contributed by atoms with Crippen LogP contribution in [0.5, 0.6) is 5.75 Å². The maximum atomic E-state index is 12.3. The molecule has 1 spiro atoms. The predicted molar refractivity (Wildman–Crippen MR) is 105 cm³/mol. The molecule has 2 aromatic heterocycles. The third kappa shape index (κ3) is 2.64. The Labute approximate surface area is 162 Å². The molecular formula is C22H23N3O3. The van der Waals surface area contributed by atoms with E-state index in [-0.39, 0.29) is 22.8 Å². The Morgan fingerprint density at radius 3 is 2.75 bits per heavy atom. The minimum Gasteiger partial charge on any atom is -0.504 e. The maximum Gasteiger partial charge on any atom is 0.258 e. The first-order valence-electron chi connectivity index (χ1n) is 9.76. The summed E-state index contributed by atoms with van der Waals surface area (Å²) in [5.41, 5.74) is 3.18. The zero-order valence-corrected chi connectivity index (χ0v) is 15.6. The molecule has 144 valence electrons. The Balaban J connectivity index is 1.37. The molecule has 2 aliphatic rings. The summed E-state index contributed by atoms with van der Waals surface area (Å²) in [5, 5.41) is 20.8. The van der Waals surface area contributed by atoms with Crippen molar-refractivity contribution >= 4 is 5.65 Å². The lowest BCUT2D eigenvalue weighted by atomic mass is 9.72. The summed E-state index contributed by atoms with van der Waals surface area (Å²) in [6.07, 6.45) is 3.80. The quantitative estimate of drug-likeness (QED) is 0.713. The molecule has 5 rings (SSSR count). The van der Waals surface area contributed by atoms with Crippen LogP contribution in [0.25, 0.3) is 5.65 Å². The summed E-state index contributed by atoms with van der Waals surface area (Å²) in [6.45, 7) is 2.24. The third-order valence-corrected chi connectivity index (χ3v) is 6.46. The molecule has 2 N–H and O–H groups in total. The molecule has 0 unspecified atom stereocenters. The standard InChI is InChI=1S/C22H23N3O3/c26-18-6-3-9-25-20(28)13-16(23-21(18)25)14-24-10-7-22(8-11-24)17-5-2-1-4-15(17)12-19(22)27/h1-6,9,13,19,26-27H,7-8,10-12,14H2/t19-/m0/s1. The Bertz CT molecular complexity index is 1100. The van der Waals surface area contributed by atoms with Crippen LogP contribution in [0.4, 0.5) is 0 Å². The van der Waals surface area contributed by atoms with Crippen LogP contribution in [0, 0.1) is 0 Å². The van der Waals surface area contributed by atoms with E-state index < -0.39 is 0 Å². The van der Waals surface area contributed by atoms with Crippen molar-refractivity contribution < 1.29 is 10.2 Å². The Kier molecular flexibility index (Phi) is 4.00. The molecular weight excluding hydrogens is 354 g/mol. The fraction of sp³-hybridized carbons (Fsp3) is 0.364. The number of hydrogen-bond acceptors (Lipinski definition) is 5. The van der Waals surface area contributed by atoms with Gasteiger partial charge in [-0.1, -0.05) is 24.3 Å². The van der Waals surface area contributed by atoms with Crippen LogP contribution in [-0.4, -0.2) is 43.7 Å². The molecule has 3 heterocycles. The van der Waals surface area contributed by atoms with Crippen LogP contribution in [0.3, 0.4) is 0 Å². The maximum absolute atomic E-state index is 12.3. The van der Waals surface area contributed by atoms with Gasteiger partial charge in [-0.15, -0.1) is 0 Å². The molecule has 1 aliphatic carbocycles. The van der Waals surface area contributed by atoms with Crippen LogP contribution in [-0.2, 0) is 18.4 Å². The number of benzene rings is 1. The van der Waals surface area contributed by atoms with Crippen molar-refractivity contribution in [1.29, 1.82) is 0 Å². The minimum atomic E-state index is -0.326. The topological polar surface area (TPSA) is 78.1 Å². The number of aromatic hydroxyl groups is 1. The first kappa shape index (κ1) is 17.4. The zero-order valence-electron chi connectivity index (χ0n) is 15.6. The van der Waals surface area contributed by atoms with Crippen molar-refractivity contribution in [3.8, 4) is 5.75 Å². The SMILES string of the molecule is O=c1cc(CN2CCC3(CC2)c2ccccc2C[C@@H]3O)nc2c(O)cccn12. The number of rotatable bonds is 2. The average molecular weight is 377 g/mol. The summed E-state index contributed by atoms with van der Waals surface area (Å²) < 4.78 is 1.36. The number of pyridine rings is 1. The molecule has 6 heteroatoms. The lowest BCUT2D eigenvalue weighted by molar-refractivity contribution is 0.0410. The van der Waals surface area contributed by atoms with Gasteiger partial charge in [0.1, 0.15) is 0 Å². The van der Waals surface area contributed by atoms with E-state index in [1.54, 1.807) is 12.3 Å². The van der Waals surface area contributed by atoms with Gasteiger partial charge in [0.2, 0.25) is 0 Å². The largest absolute Gasteiger partial charge is 0.504 e. The lowest BCUT2D eigenvalue weighted by Gasteiger charge is -2.42. The van der Waals surface area contributed by atoms with Gasteiger partial charge in [0.15, 0.2) is 11.4 Å². The van der Waals surface area contributed by atoms with Crippen molar-refractivity contribution in [3.05, 3.63) is 75.8 Å². The van der Waals surface area contributed by atoms with E-state index in [1.807, 2.05) is 6.07 Å². The zero-order chi connectivity index (χ0) is 19.3. The van der Waals surface area contributed by atoms with Gasteiger partial charge in [-0.3, -0.25) is 14.1 Å². The molecule has 3 aromatic rings. The van der Waals surface area contributed by atoms with Crippen molar-refractivity contribution in [3.63, 3.8) is 0 Å². The number of piperidine rings is 1. The number of aromatic nitrogens is 2.